The molecule has 16 rings (SSSR count). The van der Waals surface area contributed by atoms with Crippen LogP contribution >= 0.6 is 34.0 Å². The number of hydrogen-bond donors (Lipinski definition) is 0. The van der Waals surface area contributed by atoms with E-state index in [1.165, 1.54) is 154 Å². The first kappa shape index (κ1) is 55.2. The molecule has 0 bridgehead atoms. The van der Waals surface area contributed by atoms with Gasteiger partial charge in [-0.2, -0.15) is 0 Å². The molecule has 0 aromatic heterocycles. The lowest BCUT2D eigenvalue weighted by Crippen LogP contribution is -1.97. The summed E-state index contributed by atoms with van der Waals surface area (Å²) in [5, 5.41) is 15.3. The van der Waals surface area contributed by atoms with E-state index in [1.807, 2.05) is 0 Å². The maximum atomic E-state index is 2.30. The summed E-state index contributed by atoms with van der Waals surface area (Å²) >= 11 is 0. The molecule has 0 atom stereocenters. The normalized spacial score (nSPS) is 11.1. The number of fused-ring (bicyclic) bond motifs is 6. The fourth-order valence-corrected chi connectivity index (χ4v) is 13.5. The Kier molecular flexibility index (Phi) is 15.6. The Morgan fingerprint density at radius 1 is 0.105 bits per heavy atom. The molecule has 0 radical (unpaired) electrons. The zero-order chi connectivity index (χ0) is 55.8. The lowest BCUT2D eigenvalue weighted by molar-refractivity contribution is 1.63. The third-order valence-electron chi connectivity index (χ3n) is 16.9. The Hall–Kier alpha value is -9.96. The van der Waals surface area contributed by atoms with Crippen molar-refractivity contribution in [3.63, 3.8) is 0 Å². The van der Waals surface area contributed by atoms with Crippen molar-refractivity contribution in [1.29, 1.82) is 0 Å². The molecule has 0 N–H and O–H groups in total. The highest BCUT2D eigenvalue weighted by atomic mass is 79.9. The summed E-state index contributed by atoms with van der Waals surface area (Å²) in [6.07, 6.45) is 0. The summed E-state index contributed by atoms with van der Waals surface area (Å²) in [7, 11) is 0. The lowest BCUT2D eigenvalue weighted by atomic mass is 9.77. The van der Waals surface area contributed by atoms with Gasteiger partial charge < -0.3 is 0 Å². The number of halogens is 2. The van der Waals surface area contributed by atoms with Crippen LogP contribution in [0.15, 0.2) is 340 Å². The molecule has 0 saturated heterocycles. The lowest BCUT2D eigenvalue weighted by Gasteiger charge is -2.25. The van der Waals surface area contributed by atoms with Gasteiger partial charge in [0.1, 0.15) is 0 Å². The van der Waals surface area contributed by atoms with Crippen LogP contribution in [-0.2, 0) is 0 Å². The van der Waals surface area contributed by atoms with Gasteiger partial charge in [-0.15, -0.1) is 34.0 Å². The predicted molar refractivity (Wildman–Crippen MR) is 382 cm³/mol. The average Bonchev–Trinajstić information content (AvgIpc) is 0.755. The van der Waals surface area contributed by atoms with Gasteiger partial charge in [-0.3, -0.25) is 0 Å². The van der Waals surface area contributed by atoms with E-state index in [0.717, 1.165) is 0 Å². The van der Waals surface area contributed by atoms with Crippen LogP contribution in [0.3, 0.4) is 0 Å². The van der Waals surface area contributed by atoms with Crippen molar-refractivity contribution in [3.05, 3.63) is 340 Å². The van der Waals surface area contributed by atoms with Crippen molar-refractivity contribution < 1.29 is 0 Å². The second kappa shape index (κ2) is 24.3. The van der Waals surface area contributed by atoms with Gasteiger partial charge in [0.15, 0.2) is 0 Å². The fourth-order valence-electron chi connectivity index (χ4n) is 13.5. The van der Waals surface area contributed by atoms with Crippen LogP contribution in [0, 0.1) is 0 Å². The van der Waals surface area contributed by atoms with Crippen LogP contribution in [-0.4, -0.2) is 0 Å². The van der Waals surface area contributed by atoms with Crippen molar-refractivity contribution in [2.75, 3.05) is 0 Å². The molecule has 0 fully saturated rings. The van der Waals surface area contributed by atoms with E-state index in [0.29, 0.717) is 0 Å². The second-order valence-corrected chi connectivity index (χ2v) is 21.6. The highest BCUT2D eigenvalue weighted by molar-refractivity contribution is 8.93. The van der Waals surface area contributed by atoms with Crippen LogP contribution in [0.1, 0.15) is 0 Å². The minimum Gasteiger partial charge on any atom is -0.114 e. The maximum absolute atomic E-state index is 2.30. The number of hydrogen-bond acceptors (Lipinski definition) is 0. The quantitative estimate of drug-likeness (QED) is 0.133. The molecule has 0 aliphatic heterocycles. The molecule has 16 aromatic carbocycles. The molecule has 0 saturated carbocycles. The first-order valence-corrected chi connectivity index (χ1v) is 29.1. The molecule has 2 heteroatoms. The van der Waals surface area contributed by atoms with Crippen molar-refractivity contribution >= 4 is 98.6 Å². The molecular weight excluding hydrogens is 1170 g/mol. The monoisotopic (exact) mass is 1220 g/mol. The second-order valence-electron chi connectivity index (χ2n) is 21.6. The van der Waals surface area contributed by atoms with Crippen molar-refractivity contribution in [2.24, 2.45) is 0 Å². The molecule has 86 heavy (non-hydrogen) atoms. The van der Waals surface area contributed by atoms with Crippen molar-refractivity contribution in [2.45, 2.75) is 0 Å². The summed E-state index contributed by atoms with van der Waals surface area (Å²) in [4.78, 5) is 0. The van der Waals surface area contributed by atoms with Gasteiger partial charge >= 0.3 is 0 Å². The zero-order valence-electron chi connectivity index (χ0n) is 47.1. The van der Waals surface area contributed by atoms with Gasteiger partial charge in [0.25, 0.3) is 0 Å². The summed E-state index contributed by atoms with van der Waals surface area (Å²) in [6.45, 7) is 0. The van der Waals surface area contributed by atoms with Gasteiger partial charge in [-0.05, 0) is 154 Å². The molecule has 0 nitrogen and oxygen atoms in total. The van der Waals surface area contributed by atoms with Crippen LogP contribution in [0.5, 0.6) is 0 Å². The smallest absolute Gasteiger partial charge is 0.000139 e. The van der Waals surface area contributed by atoms with E-state index in [9.17, 15) is 0 Å². The Bertz CT molecular complexity index is 4090. The molecule has 0 amide bonds. The number of benzene rings is 16. The molecule has 16 aromatic rings. The number of rotatable bonds is 8. The Morgan fingerprint density at radius 3 is 0.302 bits per heavy atom. The minimum atomic E-state index is 0. The largest absolute Gasteiger partial charge is 0.114 e. The summed E-state index contributed by atoms with van der Waals surface area (Å²) in [5.41, 5.74) is 20.1. The topological polar surface area (TPSA) is 0 Å². The molecule has 0 heterocycles. The standard InChI is InChI=1S/2C42H28.2BrH/c2*1-5-17-29(18-6-1)37-33-25-13-14-26-34(33)39(31-21-9-3-10-22-31)42-40(32-23-11-4-12-24-32)36-28-16-15-27-35(36)38(41(37)42)30-19-7-2-8-20-30;;/h2*1-28H;2*1H. The third kappa shape index (κ3) is 9.68. The minimum absolute atomic E-state index is 0. The van der Waals surface area contributed by atoms with Gasteiger partial charge in [0.05, 0.1) is 0 Å². The highest BCUT2D eigenvalue weighted by Crippen LogP contribution is 2.56. The maximum Gasteiger partial charge on any atom is -0.000139 e. The average molecular weight is 1230 g/mol. The molecule has 0 aliphatic carbocycles. The van der Waals surface area contributed by atoms with E-state index in [2.05, 4.69) is 340 Å². The molecule has 0 unspecified atom stereocenters. The van der Waals surface area contributed by atoms with Gasteiger partial charge in [0, 0.05) is 0 Å². The van der Waals surface area contributed by atoms with Crippen LogP contribution in [0.25, 0.3) is 154 Å². The van der Waals surface area contributed by atoms with E-state index in [-0.39, 0.29) is 34.0 Å². The van der Waals surface area contributed by atoms with E-state index in [4.69, 9.17) is 0 Å². The van der Waals surface area contributed by atoms with E-state index < -0.39 is 0 Å². The summed E-state index contributed by atoms with van der Waals surface area (Å²) < 4.78 is 0. The summed E-state index contributed by atoms with van der Waals surface area (Å²) in [6, 6.07) is 123. The highest BCUT2D eigenvalue weighted by Gasteiger charge is 2.28. The predicted octanol–water partition coefficient (Wildman–Crippen LogP) is 24.8. The Morgan fingerprint density at radius 2 is 0.198 bits per heavy atom. The van der Waals surface area contributed by atoms with Gasteiger partial charge in [-0.25, -0.2) is 0 Å². The fraction of sp³-hybridized carbons (Fsp3) is 0. The summed E-state index contributed by atoms with van der Waals surface area (Å²) in [5.74, 6) is 0. The van der Waals surface area contributed by atoms with Gasteiger partial charge in [-0.1, -0.05) is 340 Å². The zero-order valence-corrected chi connectivity index (χ0v) is 50.6. The third-order valence-corrected chi connectivity index (χ3v) is 16.9. The van der Waals surface area contributed by atoms with Crippen LogP contribution in [0.4, 0.5) is 0 Å². The van der Waals surface area contributed by atoms with Crippen LogP contribution in [0.2, 0.25) is 0 Å². The molecular formula is C84H58Br2. The molecule has 0 aliphatic rings. The van der Waals surface area contributed by atoms with E-state index in [1.54, 1.807) is 0 Å². The van der Waals surface area contributed by atoms with Crippen LogP contribution < -0.4 is 0 Å². The first-order valence-electron chi connectivity index (χ1n) is 29.1. The van der Waals surface area contributed by atoms with Gasteiger partial charge in [0.2, 0.25) is 0 Å². The van der Waals surface area contributed by atoms with Crippen molar-refractivity contribution in [1.82, 2.24) is 0 Å². The first-order chi connectivity index (χ1) is 41.8. The Labute approximate surface area is 523 Å². The Balaban J connectivity index is 0.000000156. The van der Waals surface area contributed by atoms with E-state index >= 15 is 0 Å². The molecule has 408 valence electrons. The SMILES string of the molecule is Br.Br.c1ccc(-c2c3ccccc3c(-c3ccccc3)c3c(-c4ccccc4)c4ccccc4c(-c4ccccc4)c23)cc1.c1ccc(-c2c3ccccc3c(-c3ccccc3)c3c(-c4ccccc4)c4ccccc4c(-c4ccccc4)c23)cc1. The molecule has 0 spiro atoms. The van der Waals surface area contributed by atoms with Crippen molar-refractivity contribution in [3.8, 4) is 89.0 Å².